The lowest BCUT2D eigenvalue weighted by atomic mass is 9.77. The minimum Gasteiger partial charge on any atom is -0.352 e. The number of H-pyrrole nitrogens is 2. The number of nitrogens with zero attached hydrogens (tertiary/aromatic N) is 2. The SMILES string of the molecule is C=C(C)[C@@H]1CC[C@]2(C)S[P@@](=S)(O[C@H]3C[C@H](n4cnc5c(=O)[nH]c(=O)[nH]c54)O[C@@H]3CC)O[C@H]2C1. The van der Waals surface area contributed by atoms with Crippen LogP contribution in [-0.4, -0.2) is 42.6 Å². The van der Waals surface area contributed by atoms with E-state index >= 15 is 0 Å². The highest BCUT2D eigenvalue weighted by molar-refractivity contribution is 8.68. The summed E-state index contributed by atoms with van der Waals surface area (Å²) in [5.74, 6) is 0.465. The van der Waals surface area contributed by atoms with Crippen LogP contribution in [0.15, 0.2) is 28.1 Å². The van der Waals surface area contributed by atoms with Crippen molar-refractivity contribution in [2.75, 3.05) is 0 Å². The van der Waals surface area contributed by atoms with E-state index in [-0.39, 0.29) is 28.6 Å². The molecule has 2 aromatic heterocycles. The minimum atomic E-state index is -2.56. The lowest BCUT2D eigenvalue weighted by molar-refractivity contribution is -0.0151. The normalized spacial score (nSPS) is 38.6. The molecule has 5 rings (SSSR count). The molecule has 0 bridgehead atoms. The fourth-order valence-electron chi connectivity index (χ4n) is 5.11. The van der Waals surface area contributed by atoms with Gasteiger partial charge in [-0.1, -0.05) is 30.5 Å². The molecule has 9 nitrogen and oxygen atoms in total. The predicted molar refractivity (Wildman–Crippen MR) is 132 cm³/mol. The third-order valence-electron chi connectivity index (χ3n) is 7.07. The predicted octanol–water partition coefficient (Wildman–Crippen LogP) is 3.99. The first kappa shape index (κ1) is 23.5. The Labute approximate surface area is 200 Å². The van der Waals surface area contributed by atoms with E-state index in [0.29, 0.717) is 18.0 Å². The molecule has 4 heterocycles. The molecule has 1 aliphatic carbocycles. The van der Waals surface area contributed by atoms with Crippen LogP contribution in [0.1, 0.15) is 59.1 Å². The van der Waals surface area contributed by atoms with Gasteiger partial charge in [-0.05, 0) is 57.3 Å². The first-order valence-electron chi connectivity index (χ1n) is 11.3. The van der Waals surface area contributed by atoms with Crippen molar-refractivity contribution < 1.29 is 13.8 Å². The van der Waals surface area contributed by atoms with Gasteiger partial charge in [-0.2, -0.15) is 0 Å². The molecule has 3 aliphatic rings. The Balaban J connectivity index is 1.36. The molecule has 0 aromatic carbocycles. The van der Waals surface area contributed by atoms with Crippen molar-refractivity contribution >= 4 is 40.0 Å². The molecule has 180 valence electrons. The quantitative estimate of drug-likeness (QED) is 0.457. The number of imidazole rings is 1. The monoisotopic (exact) mass is 512 g/mol. The standard InChI is InChI=1S/C21H29N4O5PS2/c1-5-13-14(9-16(28-13)25-10-22-17-18(25)23-20(27)24-19(17)26)29-31(32)30-15-8-12(11(2)3)6-7-21(15,4)33-31/h10,12-16H,2,5-9H2,1,3-4H3,(H2,23,24,26,27)/t12-,13-,14+,15+,16-,21+,31+/m1/s1. The van der Waals surface area contributed by atoms with Gasteiger partial charge in [0.15, 0.2) is 5.52 Å². The Morgan fingerprint density at radius 1 is 1.45 bits per heavy atom. The molecule has 33 heavy (non-hydrogen) atoms. The van der Waals surface area contributed by atoms with Crippen LogP contribution in [0.4, 0.5) is 0 Å². The lowest BCUT2D eigenvalue weighted by Gasteiger charge is -2.37. The Morgan fingerprint density at radius 2 is 2.24 bits per heavy atom. The number of aromatic nitrogens is 4. The molecule has 2 saturated heterocycles. The van der Waals surface area contributed by atoms with Crippen LogP contribution < -0.4 is 11.2 Å². The smallest absolute Gasteiger partial charge is 0.327 e. The van der Waals surface area contributed by atoms with Gasteiger partial charge in [0.05, 0.1) is 24.6 Å². The highest BCUT2D eigenvalue weighted by Gasteiger charge is 2.54. The Bertz CT molecular complexity index is 1260. The lowest BCUT2D eigenvalue weighted by Crippen LogP contribution is -2.39. The Kier molecular flexibility index (Phi) is 6.03. The number of hydrogen-bond donors (Lipinski definition) is 2. The van der Waals surface area contributed by atoms with E-state index in [9.17, 15) is 9.59 Å². The average Bonchev–Trinajstić information content (AvgIpc) is 3.39. The zero-order valence-corrected chi connectivity index (χ0v) is 21.4. The zero-order valence-electron chi connectivity index (χ0n) is 18.9. The van der Waals surface area contributed by atoms with E-state index in [1.54, 1.807) is 15.9 Å². The fourth-order valence-corrected chi connectivity index (χ4v) is 12.7. The van der Waals surface area contributed by atoms with Crippen LogP contribution in [-0.2, 0) is 25.6 Å². The van der Waals surface area contributed by atoms with Gasteiger partial charge in [0.1, 0.15) is 11.9 Å². The summed E-state index contributed by atoms with van der Waals surface area (Å²) in [6.45, 7) is 10.5. The maximum Gasteiger partial charge on any atom is 0.327 e. The molecule has 2 aliphatic heterocycles. The van der Waals surface area contributed by atoms with E-state index in [1.807, 2.05) is 6.92 Å². The van der Waals surface area contributed by atoms with Crippen molar-refractivity contribution in [3.8, 4) is 0 Å². The molecule has 0 unspecified atom stereocenters. The van der Waals surface area contributed by atoms with Crippen molar-refractivity contribution in [2.24, 2.45) is 5.92 Å². The Morgan fingerprint density at radius 3 is 2.97 bits per heavy atom. The number of rotatable bonds is 5. The van der Waals surface area contributed by atoms with Gasteiger partial charge in [0.2, 0.25) is 5.69 Å². The number of ether oxygens (including phenoxy) is 1. The summed E-state index contributed by atoms with van der Waals surface area (Å²) in [4.78, 5) is 32.9. The van der Waals surface area contributed by atoms with Crippen molar-refractivity contribution in [3.63, 3.8) is 0 Å². The Hall–Kier alpha value is -1.23. The molecule has 1 saturated carbocycles. The maximum absolute atomic E-state index is 12.1. The second-order valence-corrected chi connectivity index (χ2v) is 16.0. The molecule has 3 fully saturated rings. The topological polar surface area (TPSA) is 111 Å². The van der Waals surface area contributed by atoms with Gasteiger partial charge in [-0.25, -0.2) is 9.78 Å². The molecule has 12 heteroatoms. The molecule has 2 N–H and O–H groups in total. The van der Waals surface area contributed by atoms with Crippen molar-refractivity contribution in [1.82, 2.24) is 19.5 Å². The highest BCUT2D eigenvalue weighted by Crippen LogP contribution is 2.76. The van der Waals surface area contributed by atoms with Gasteiger partial charge in [-0.15, -0.1) is 0 Å². The van der Waals surface area contributed by atoms with Crippen LogP contribution >= 0.6 is 17.1 Å². The van der Waals surface area contributed by atoms with E-state index in [0.717, 1.165) is 25.7 Å². The van der Waals surface area contributed by atoms with Gasteiger partial charge >= 0.3 is 5.69 Å². The fraction of sp³-hybridized carbons (Fsp3) is 0.667. The second kappa shape index (κ2) is 8.46. The maximum atomic E-state index is 12.1. The van der Waals surface area contributed by atoms with E-state index in [2.05, 4.69) is 35.4 Å². The minimum absolute atomic E-state index is 0.0386. The van der Waals surface area contributed by atoms with E-state index < -0.39 is 23.2 Å². The molecule has 0 amide bonds. The average molecular weight is 513 g/mol. The summed E-state index contributed by atoms with van der Waals surface area (Å²) in [5.41, 5.74) is -1.96. The number of fused-ring (bicyclic) bond motifs is 2. The number of allylic oxidation sites excluding steroid dienone is 1. The van der Waals surface area contributed by atoms with Gasteiger partial charge < -0.3 is 13.8 Å². The number of aromatic amines is 2. The molecule has 7 atom stereocenters. The summed E-state index contributed by atoms with van der Waals surface area (Å²) in [6, 6.07) is 0. The summed E-state index contributed by atoms with van der Waals surface area (Å²) in [7, 11) is 0. The largest absolute Gasteiger partial charge is 0.352 e. The second-order valence-electron chi connectivity index (χ2n) is 9.44. The molecular weight excluding hydrogens is 483 g/mol. The van der Waals surface area contributed by atoms with Gasteiger partial charge in [0.25, 0.3) is 5.56 Å². The van der Waals surface area contributed by atoms with Gasteiger partial charge in [-0.3, -0.25) is 19.3 Å². The van der Waals surface area contributed by atoms with Gasteiger partial charge in [0, 0.05) is 11.2 Å². The van der Waals surface area contributed by atoms with Crippen LogP contribution in [0, 0.1) is 5.92 Å². The van der Waals surface area contributed by atoms with Crippen LogP contribution in [0.25, 0.3) is 11.2 Å². The third-order valence-corrected chi connectivity index (χ3v) is 12.8. The molecule has 2 aromatic rings. The van der Waals surface area contributed by atoms with E-state index in [1.165, 1.54) is 11.9 Å². The van der Waals surface area contributed by atoms with Crippen LogP contribution in [0.2, 0.25) is 0 Å². The summed E-state index contributed by atoms with van der Waals surface area (Å²) in [6.07, 6.45) is 5.07. The molecular formula is C21H29N4O5PS2. The number of nitrogens with one attached hydrogen (secondary N) is 2. The third kappa shape index (κ3) is 4.21. The molecule has 0 radical (unpaired) electrons. The van der Waals surface area contributed by atoms with Crippen molar-refractivity contribution in [2.45, 2.75) is 82.2 Å². The molecule has 0 spiro atoms. The number of hydrogen-bond acceptors (Lipinski definition) is 8. The zero-order chi connectivity index (χ0) is 23.5. The summed E-state index contributed by atoms with van der Waals surface area (Å²) in [5, 5.41) is 0. The van der Waals surface area contributed by atoms with Crippen molar-refractivity contribution in [1.29, 1.82) is 0 Å². The first-order valence-corrected chi connectivity index (χ1v) is 15.3. The van der Waals surface area contributed by atoms with Crippen LogP contribution in [0.3, 0.4) is 0 Å². The summed E-state index contributed by atoms with van der Waals surface area (Å²) < 4.78 is 20.9. The van der Waals surface area contributed by atoms with Crippen molar-refractivity contribution in [3.05, 3.63) is 39.3 Å². The van der Waals surface area contributed by atoms with E-state index in [4.69, 9.17) is 25.6 Å². The summed E-state index contributed by atoms with van der Waals surface area (Å²) >= 11 is 7.69. The highest BCUT2D eigenvalue weighted by atomic mass is 32.9. The van der Waals surface area contributed by atoms with Crippen LogP contribution in [0.5, 0.6) is 0 Å². The first-order chi connectivity index (χ1) is 15.6.